The molecule has 2 N–H and O–H groups in total. The number of non-ortho nitro benzene ring substituents is 1. The van der Waals surface area contributed by atoms with E-state index in [0.29, 0.717) is 16.7 Å². The second kappa shape index (κ2) is 5.82. The zero-order valence-corrected chi connectivity index (χ0v) is 13.2. The van der Waals surface area contributed by atoms with Crippen molar-refractivity contribution in [2.45, 2.75) is 18.4 Å². The van der Waals surface area contributed by atoms with Crippen molar-refractivity contribution in [3.05, 3.63) is 44.8 Å². The molecule has 8 nitrogen and oxygen atoms in total. The number of aromatic nitrogens is 2. The largest absolute Gasteiger partial charge is 0.332 e. The van der Waals surface area contributed by atoms with Gasteiger partial charge in [-0.3, -0.25) is 14.8 Å². The highest BCUT2D eigenvalue weighted by Gasteiger charge is 2.20. The molecule has 0 unspecified atom stereocenters. The Bertz CT molecular complexity index is 787. The Morgan fingerprint density at radius 3 is 2.76 bits per heavy atom. The van der Waals surface area contributed by atoms with Gasteiger partial charge in [0, 0.05) is 23.0 Å². The van der Waals surface area contributed by atoms with Crippen molar-refractivity contribution in [3.8, 4) is 0 Å². The fourth-order valence-corrected chi connectivity index (χ4v) is 3.05. The minimum absolute atomic E-state index is 0.0804. The van der Waals surface area contributed by atoms with Crippen LogP contribution in [0, 0.1) is 10.1 Å². The number of aromatic amines is 1. The highest BCUT2D eigenvalue weighted by Crippen LogP contribution is 2.28. The summed E-state index contributed by atoms with van der Waals surface area (Å²) < 4.78 is 27.1. The lowest BCUT2D eigenvalue weighted by molar-refractivity contribution is -0.384. The molecule has 112 valence electrons. The molecule has 2 aromatic rings. The van der Waals surface area contributed by atoms with E-state index in [9.17, 15) is 18.5 Å². The first-order chi connectivity index (χ1) is 9.83. The monoisotopic (exact) mass is 374 g/mol. The molecule has 0 amide bonds. The Labute approximate surface area is 128 Å². The van der Waals surface area contributed by atoms with Crippen LogP contribution in [0.4, 0.5) is 11.4 Å². The van der Waals surface area contributed by atoms with Crippen molar-refractivity contribution >= 4 is 37.3 Å². The second-order valence-corrected chi connectivity index (χ2v) is 6.58. The van der Waals surface area contributed by atoms with Crippen LogP contribution in [0.2, 0.25) is 0 Å². The van der Waals surface area contributed by atoms with Gasteiger partial charge in [-0.05, 0) is 22.0 Å². The van der Waals surface area contributed by atoms with E-state index in [1.807, 2.05) is 6.92 Å². The molecular weight excluding hydrogens is 364 g/mol. The SMILES string of the molecule is CCc1ncc(S(=O)(=O)Nc2cc([N+](=O)[O-])ccc2Br)[nH]1. The maximum absolute atomic E-state index is 12.2. The summed E-state index contributed by atoms with van der Waals surface area (Å²) in [5.74, 6) is 0.536. The predicted octanol–water partition coefficient (Wildman–Crippen LogP) is 2.44. The average molecular weight is 375 g/mol. The number of imidazole rings is 1. The molecule has 0 aliphatic carbocycles. The number of halogens is 1. The number of aryl methyl sites for hydroxylation is 1. The molecule has 0 bridgehead atoms. The van der Waals surface area contributed by atoms with Gasteiger partial charge in [0.05, 0.1) is 16.8 Å². The molecule has 0 atom stereocenters. The highest BCUT2D eigenvalue weighted by molar-refractivity contribution is 9.10. The average Bonchev–Trinajstić information content (AvgIpc) is 2.90. The van der Waals surface area contributed by atoms with Crippen molar-refractivity contribution in [1.82, 2.24) is 9.97 Å². The first-order valence-electron chi connectivity index (χ1n) is 5.84. The van der Waals surface area contributed by atoms with Gasteiger partial charge in [-0.1, -0.05) is 6.92 Å². The van der Waals surface area contributed by atoms with Gasteiger partial charge in [0.2, 0.25) is 0 Å². The molecule has 10 heteroatoms. The molecule has 0 saturated heterocycles. The van der Waals surface area contributed by atoms with E-state index in [4.69, 9.17) is 0 Å². The van der Waals surface area contributed by atoms with Gasteiger partial charge >= 0.3 is 0 Å². The maximum Gasteiger partial charge on any atom is 0.279 e. The van der Waals surface area contributed by atoms with Gasteiger partial charge in [-0.15, -0.1) is 0 Å². The van der Waals surface area contributed by atoms with Crippen molar-refractivity contribution in [2.75, 3.05) is 4.72 Å². The lowest BCUT2D eigenvalue weighted by Gasteiger charge is -2.08. The van der Waals surface area contributed by atoms with Gasteiger partial charge in [-0.2, -0.15) is 8.42 Å². The van der Waals surface area contributed by atoms with Gasteiger partial charge in [0.1, 0.15) is 5.82 Å². The molecule has 0 aliphatic heterocycles. The van der Waals surface area contributed by atoms with E-state index >= 15 is 0 Å². The Morgan fingerprint density at radius 2 is 2.19 bits per heavy atom. The molecule has 0 fully saturated rings. The summed E-state index contributed by atoms with van der Waals surface area (Å²) in [6, 6.07) is 3.81. The second-order valence-electron chi connectivity index (χ2n) is 4.07. The standard InChI is InChI=1S/C11H11BrN4O4S/c1-2-10-13-6-11(14-10)21(19,20)15-9-5-7(16(17)18)3-4-8(9)12/h3-6,15H,2H2,1H3,(H,13,14). The number of nitrogens with zero attached hydrogens (tertiary/aromatic N) is 2. The fraction of sp³-hybridized carbons (Fsp3) is 0.182. The quantitative estimate of drug-likeness (QED) is 0.615. The van der Waals surface area contributed by atoms with Gasteiger partial charge in [0.15, 0.2) is 5.03 Å². The van der Waals surface area contributed by atoms with Crippen molar-refractivity contribution in [3.63, 3.8) is 0 Å². The lowest BCUT2D eigenvalue weighted by Crippen LogP contribution is -2.14. The molecule has 0 saturated carbocycles. The van der Waals surface area contributed by atoms with Crippen LogP contribution in [0.25, 0.3) is 0 Å². The summed E-state index contributed by atoms with van der Waals surface area (Å²) in [7, 11) is -3.89. The summed E-state index contributed by atoms with van der Waals surface area (Å²) in [6.45, 7) is 1.83. The lowest BCUT2D eigenvalue weighted by atomic mass is 10.3. The van der Waals surface area contributed by atoms with E-state index in [1.165, 1.54) is 18.3 Å². The number of hydrogen-bond acceptors (Lipinski definition) is 5. The minimum atomic E-state index is -3.89. The van der Waals surface area contributed by atoms with Crippen molar-refractivity contribution < 1.29 is 13.3 Å². The molecule has 21 heavy (non-hydrogen) atoms. The van der Waals surface area contributed by atoms with Crippen LogP contribution in [0.1, 0.15) is 12.7 Å². The summed E-state index contributed by atoms with van der Waals surface area (Å²) in [5, 5.41) is 10.6. The highest BCUT2D eigenvalue weighted by atomic mass is 79.9. The third-order valence-corrected chi connectivity index (χ3v) is 4.60. The fourth-order valence-electron chi connectivity index (χ4n) is 1.56. The smallest absolute Gasteiger partial charge is 0.279 e. The Morgan fingerprint density at radius 1 is 1.48 bits per heavy atom. The van der Waals surface area contributed by atoms with Gasteiger partial charge in [0.25, 0.3) is 15.7 Å². The van der Waals surface area contributed by atoms with Crippen LogP contribution in [-0.2, 0) is 16.4 Å². The first-order valence-corrected chi connectivity index (χ1v) is 8.11. The first kappa shape index (κ1) is 15.4. The van der Waals surface area contributed by atoms with Crippen LogP contribution in [0.5, 0.6) is 0 Å². The number of rotatable bonds is 5. The molecule has 0 radical (unpaired) electrons. The number of nitro groups is 1. The van der Waals surface area contributed by atoms with Crippen LogP contribution in [-0.4, -0.2) is 23.3 Å². The molecule has 1 aromatic carbocycles. The van der Waals surface area contributed by atoms with E-state index in [-0.39, 0.29) is 16.4 Å². The molecule has 1 aromatic heterocycles. The summed E-state index contributed by atoms with van der Waals surface area (Å²) in [6.07, 6.45) is 1.77. The number of nitro benzene ring substituents is 1. The molecule has 0 aliphatic rings. The number of sulfonamides is 1. The molecular formula is C11H11BrN4O4S. The third-order valence-electron chi connectivity index (χ3n) is 2.63. The Balaban J connectivity index is 2.36. The zero-order chi connectivity index (χ0) is 15.6. The summed E-state index contributed by atoms with van der Waals surface area (Å²) in [5.41, 5.74) is -0.133. The van der Waals surface area contributed by atoms with E-state index in [1.54, 1.807) is 0 Å². The number of hydrogen-bond donors (Lipinski definition) is 2. The van der Waals surface area contributed by atoms with E-state index in [0.717, 1.165) is 6.07 Å². The summed E-state index contributed by atoms with van der Waals surface area (Å²) in [4.78, 5) is 16.7. The Kier molecular flexibility index (Phi) is 4.28. The number of benzene rings is 1. The maximum atomic E-state index is 12.2. The van der Waals surface area contributed by atoms with E-state index in [2.05, 4.69) is 30.6 Å². The predicted molar refractivity (Wildman–Crippen MR) is 79.6 cm³/mol. The van der Waals surface area contributed by atoms with Gasteiger partial charge in [-0.25, -0.2) is 4.98 Å². The minimum Gasteiger partial charge on any atom is -0.332 e. The summed E-state index contributed by atoms with van der Waals surface area (Å²) >= 11 is 3.15. The molecule has 2 rings (SSSR count). The van der Waals surface area contributed by atoms with Crippen LogP contribution < -0.4 is 4.72 Å². The van der Waals surface area contributed by atoms with Crippen LogP contribution in [0.3, 0.4) is 0 Å². The zero-order valence-electron chi connectivity index (χ0n) is 10.8. The third kappa shape index (κ3) is 3.39. The number of H-pyrrole nitrogens is 1. The molecule has 1 heterocycles. The van der Waals surface area contributed by atoms with Crippen molar-refractivity contribution in [2.24, 2.45) is 0 Å². The number of nitrogens with one attached hydrogen (secondary N) is 2. The van der Waals surface area contributed by atoms with Crippen molar-refractivity contribution in [1.29, 1.82) is 0 Å². The van der Waals surface area contributed by atoms with Crippen LogP contribution in [0.15, 0.2) is 33.9 Å². The van der Waals surface area contributed by atoms with Gasteiger partial charge < -0.3 is 4.98 Å². The Hall–Kier alpha value is -1.94. The van der Waals surface area contributed by atoms with E-state index < -0.39 is 14.9 Å². The topological polar surface area (TPSA) is 118 Å². The number of anilines is 1. The molecule has 0 spiro atoms. The normalized spacial score (nSPS) is 11.3. The van der Waals surface area contributed by atoms with Crippen LogP contribution >= 0.6 is 15.9 Å².